The van der Waals surface area contributed by atoms with Gasteiger partial charge in [-0.15, -0.1) is 0 Å². The van der Waals surface area contributed by atoms with Crippen LogP contribution in [0.25, 0.3) is 0 Å². The van der Waals surface area contributed by atoms with Gasteiger partial charge in [0.25, 0.3) is 0 Å². The summed E-state index contributed by atoms with van der Waals surface area (Å²) in [5.41, 5.74) is 3.38. The Balaban J connectivity index is 2.13. The molecule has 1 aliphatic rings. The summed E-state index contributed by atoms with van der Waals surface area (Å²) in [5.74, 6) is 0. The van der Waals surface area contributed by atoms with Crippen LogP contribution in [0.5, 0.6) is 0 Å². The quantitative estimate of drug-likeness (QED) is 0.583. The molecule has 0 spiro atoms. The summed E-state index contributed by atoms with van der Waals surface area (Å²) in [5, 5.41) is 2.39. The van der Waals surface area contributed by atoms with Gasteiger partial charge in [-0.05, 0) is 19.3 Å². The van der Waals surface area contributed by atoms with Gasteiger partial charge in [-0.1, -0.05) is 13.8 Å². The van der Waals surface area contributed by atoms with Crippen LogP contribution in [0.1, 0.15) is 33.1 Å². The fourth-order valence-electron chi connectivity index (χ4n) is 1.22. The van der Waals surface area contributed by atoms with Crippen molar-refractivity contribution in [2.45, 2.75) is 39.2 Å². The zero-order chi connectivity index (χ0) is 7.40. The lowest BCUT2D eigenvalue weighted by atomic mass is 10.4. The summed E-state index contributed by atoms with van der Waals surface area (Å²) in [7, 11) is 0. The number of nitrogens with zero attached hydrogens (tertiary/aromatic N) is 1. The van der Waals surface area contributed by atoms with Gasteiger partial charge in [0.05, 0.1) is 0 Å². The molecule has 0 aliphatic heterocycles. The molecular weight excluding hydrogens is 124 g/mol. The van der Waals surface area contributed by atoms with E-state index in [1.54, 1.807) is 0 Å². The molecule has 0 heterocycles. The first-order valence-electron chi connectivity index (χ1n) is 4.38. The highest BCUT2D eigenvalue weighted by Gasteiger charge is 2.27. The van der Waals surface area contributed by atoms with Crippen molar-refractivity contribution in [3.63, 3.8) is 0 Å². The van der Waals surface area contributed by atoms with E-state index in [0.717, 1.165) is 12.6 Å². The van der Waals surface area contributed by atoms with Crippen molar-refractivity contribution in [3.8, 4) is 0 Å². The normalized spacial score (nSPS) is 18.3. The number of hydrogen-bond donors (Lipinski definition) is 1. The summed E-state index contributed by atoms with van der Waals surface area (Å²) < 4.78 is 0. The fraction of sp³-hybridized carbons (Fsp3) is 1.00. The van der Waals surface area contributed by atoms with Crippen LogP contribution < -0.4 is 5.43 Å². The van der Waals surface area contributed by atoms with Crippen LogP contribution >= 0.6 is 0 Å². The summed E-state index contributed by atoms with van der Waals surface area (Å²) in [4.78, 5) is 0. The van der Waals surface area contributed by atoms with Crippen LogP contribution in [-0.4, -0.2) is 24.1 Å². The van der Waals surface area contributed by atoms with E-state index in [0.29, 0.717) is 0 Å². The van der Waals surface area contributed by atoms with E-state index in [1.165, 1.54) is 25.8 Å². The lowest BCUT2D eigenvalue weighted by Gasteiger charge is -2.20. The Morgan fingerprint density at radius 2 is 2.10 bits per heavy atom. The first-order valence-corrected chi connectivity index (χ1v) is 4.38. The van der Waals surface area contributed by atoms with Gasteiger partial charge in [0.1, 0.15) is 0 Å². The third kappa shape index (κ3) is 2.27. The molecule has 1 N–H and O–H groups in total. The Labute approximate surface area is 63.6 Å². The minimum Gasteiger partial charge on any atom is -0.255 e. The number of hydrazine groups is 1. The second kappa shape index (κ2) is 3.94. The Bertz CT molecular complexity index is 83.3. The molecule has 0 atom stereocenters. The summed E-state index contributed by atoms with van der Waals surface area (Å²) in [6.45, 7) is 6.66. The van der Waals surface area contributed by atoms with Crippen molar-refractivity contribution < 1.29 is 0 Å². The van der Waals surface area contributed by atoms with Crippen LogP contribution in [0.3, 0.4) is 0 Å². The lowest BCUT2D eigenvalue weighted by Crippen LogP contribution is -2.40. The second-order valence-electron chi connectivity index (χ2n) is 2.94. The van der Waals surface area contributed by atoms with Gasteiger partial charge in [-0.3, -0.25) is 5.43 Å². The van der Waals surface area contributed by atoms with Crippen molar-refractivity contribution in [1.82, 2.24) is 10.4 Å². The Morgan fingerprint density at radius 1 is 1.40 bits per heavy atom. The molecule has 1 rings (SSSR count). The maximum atomic E-state index is 3.38. The second-order valence-corrected chi connectivity index (χ2v) is 2.94. The molecular formula is C8H18N2. The molecule has 0 saturated heterocycles. The van der Waals surface area contributed by atoms with Gasteiger partial charge in [-0.25, -0.2) is 5.01 Å². The Kier molecular flexibility index (Phi) is 3.16. The highest BCUT2D eigenvalue weighted by molar-refractivity contribution is 4.81. The zero-order valence-electron chi connectivity index (χ0n) is 7.06. The average Bonchev–Trinajstić information content (AvgIpc) is 2.69. The maximum absolute atomic E-state index is 3.38. The molecule has 10 heavy (non-hydrogen) atoms. The summed E-state index contributed by atoms with van der Waals surface area (Å²) in [6, 6.07) is 0.861. The SMILES string of the molecule is CCCN(NCC)C1CC1. The molecule has 0 unspecified atom stereocenters. The van der Waals surface area contributed by atoms with Gasteiger partial charge in [0, 0.05) is 19.1 Å². The smallest absolute Gasteiger partial charge is 0.0244 e. The summed E-state index contributed by atoms with van der Waals surface area (Å²) in [6.07, 6.45) is 4.05. The Hall–Kier alpha value is -0.0800. The van der Waals surface area contributed by atoms with E-state index in [9.17, 15) is 0 Å². The first kappa shape index (κ1) is 8.02. The van der Waals surface area contributed by atoms with Gasteiger partial charge in [0.2, 0.25) is 0 Å². The molecule has 0 radical (unpaired) electrons. The van der Waals surface area contributed by atoms with E-state index in [-0.39, 0.29) is 0 Å². The molecule has 1 saturated carbocycles. The molecule has 0 bridgehead atoms. The predicted molar refractivity (Wildman–Crippen MR) is 43.7 cm³/mol. The van der Waals surface area contributed by atoms with Crippen molar-refractivity contribution in [2.24, 2.45) is 0 Å². The van der Waals surface area contributed by atoms with Crippen LogP contribution in [0, 0.1) is 0 Å². The third-order valence-electron chi connectivity index (χ3n) is 1.81. The zero-order valence-corrected chi connectivity index (χ0v) is 7.06. The molecule has 2 heteroatoms. The van der Waals surface area contributed by atoms with Gasteiger partial charge >= 0.3 is 0 Å². The molecule has 60 valence electrons. The Morgan fingerprint density at radius 3 is 2.50 bits per heavy atom. The average molecular weight is 142 g/mol. The van der Waals surface area contributed by atoms with Gasteiger partial charge < -0.3 is 0 Å². The lowest BCUT2D eigenvalue weighted by molar-refractivity contribution is 0.182. The maximum Gasteiger partial charge on any atom is 0.0244 e. The molecule has 1 fully saturated rings. The van der Waals surface area contributed by atoms with Gasteiger partial charge in [0.15, 0.2) is 0 Å². The van der Waals surface area contributed by atoms with E-state index < -0.39 is 0 Å². The summed E-state index contributed by atoms with van der Waals surface area (Å²) >= 11 is 0. The minimum absolute atomic E-state index is 0.861. The van der Waals surface area contributed by atoms with Crippen LogP contribution in [0.2, 0.25) is 0 Å². The number of rotatable bonds is 5. The van der Waals surface area contributed by atoms with Crippen molar-refractivity contribution >= 4 is 0 Å². The van der Waals surface area contributed by atoms with E-state index >= 15 is 0 Å². The molecule has 2 nitrogen and oxygen atoms in total. The standard InChI is InChI=1S/C8H18N2/c1-3-7-10(9-4-2)8-5-6-8/h8-9H,3-7H2,1-2H3. The predicted octanol–water partition coefficient (Wildman–Crippen LogP) is 1.39. The molecule has 0 aromatic rings. The van der Waals surface area contributed by atoms with E-state index in [4.69, 9.17) is 0 Å². The highest BCUT2D eigenvalue weighted by atomic mass is 15.5. The minimum atomic E-state index is 0.861. The van der Waals surface area contributed by atoms with E-state index in [1.807, 2.05) is 0 Å². The monoisotopic (exact) mass is 142 g/mol. The van der Waals surface area contributed by atoms with Gasteiger partial charge in [-0.2, -0.15) is 0 Å². The first-order chi connectivity index (χ1) is 4.88. The largest absolute Gasteiger partial charge is 0.255 e. The molecule has 1 aliphatic carbocycles. The van der Waals surface area contributed by atoms with Crippen LogP contribution in [0.15, 0.2) is 0 Å². The van der Waals surface area contributed by atoms with Crippen molar-refractivity contribution in [1.29, 1.82) is 0 Å². The van der Waals surface area contributed by atoms with Crippen LogP contribution in [-0.2, 0) is 0 Å². The molecule has 0 amide bonds. The molecule has 0 aromatic carbocycles. The van der Waals surface area contributed by atoms with Crippen molar-refractivity contribution in [3.05, 3.63) is 0 Å². The molecule has 0 aromatic heterocycles. The van der Waals surface area contributed by atoms with Crippen molar-refractivity contribution in [2.75, 3.05) is 13.1 Å². The number of hydrogen-bond acceptors (Lipinski definition) is 2. The number of nitrogens with one attached hydrogen (secondary N) is 1. The van der Waals surface area contributed by atoms with E-state index in [2.05, 4.69) is 24.3 Å². The topological polar surface area (TPSA) is 15.3 Å². The highest BCUT2D eigenvalue weighted by Crippen LogP contribution is 2.24. The third-order valence-corrected chi connectivity index (χ3v) is 1.81. The fourth-order valence-corrected chi connectivity index (χ4v) is 1.22. The van der Waals surface area contributed by atoms with Crippen LogP contribution in [0.4, 0.5) is 0 Å².